The number of rotatable bonds is 3. The number of halogens is 1. The molecule has 2 rings (SSSR count). The highest BCUT2D eigenvalue weighted by atomic mass is 79.9. The van der Waals surface area contributed by atoms with Crippen LogP contribution in [0.3, 0.4) is 0 Å². The van der Waals surface area contributed by atoms with Gasteiger partial charge in [0.25, 0.3) is 0 Å². The molecule has 0 bridgehead atoms. The van der Waals surface area contributed by atoms with Crippen LogP contribution in [0.5, 0.6) is 0 Å². The zero-order valence-electron chi connectivity index (χ0n) is 10.8. The first kappa shape index (κ1) is 13.2. The maximum atomic E-state index is 5.77. The van der Waals surface area contributed by atoms with Crippen molar-refractivity contribution >= 4 is 15.9 Å². The van der Waals surface area contributed by atoms with E-state index in [4.69, 9.17) is 5.73 Å². The third-order valence-corrected chi connectivity index (χ3v) is 3.93. The van der Waals surface area contributed by atoms with Crippen LogP contribution >= 0.6 is 15.9 Å². The predicted molar refractivity (Wildman–Crippen MR) is 75.9 cm³/mol. The second kappa shape index (κ2) is 5.20. The van der Waals surface area contributed by atoms with Crippen molar-refractivity contribution in [2.45, 2.75) is 33.2 Å². The van der Waals surface area contributed by atoms with Crippen molar-refractivity contribution < 1.29 is 0 Å². The predicted octanol–water partition coefficient (Wildman–Crippen LogP) is 2.54. The number of aryl methyl sites for hydroxylation is 1. The molecule has 4 nitrogen and oxygen atoms in total. The maximum Gasteiger partial charge on any atom is 0.153 e. The molecular weight excluding hydrogens is 292 g/mol. The van der Waals surface area contributed by atoms with Gasteiger partial charge >= 0.3 is 0 Å². The van der Waals surface area contributed by atoms with E-state index in [-0.39, 0.29) is 6.04 Å². The van der Waals surface area contributed by atoms with Crippen molar-refractivity contribution in [3.05, 3.63) is 39.8 Å². The van der Waals surface area contributed by atoms with Crippen LogP contribution in [0, 0.1) is 13.8 Å². The second-order valence-electron chi connectivity index (χ2n) is 4.60. The summed E-state index contributed by atoms with van der Waals surface area (Å²) in [5.41, 5.74) is 8.94. The summed E-state index contributed by atoms with van der Waals surface area (Å²) in [6.45, 7) is 5.98. The molecule has 2 aromatic heterocycles. The molecule has 0 fully saturated rings. The summed E-state index contributed by atoms with van der Waals surface area (Å²) < 4.78 is 2.87. The van der Waals surface area contributed by atoms with E-state index in [1.807, 2.05) is 37.7 Å². The highest BCUT2D eigenvalue weighted by Gasteiger charge is 2.11. The molecule has 1 unspecified atom stereocenters. The first-order valence-corrected chi connectivity index (χ1v) is 6.71. The summed E-state index contributed by atoms with van der Waals surface area (Å²) in [5, 5.41) is 4.45. The summed E-state index contributed by atoms with van der Waals surface area (Å²) in [4.78, 5) is 4.44. The Morgan fingerprint density at radius 2 is 2.11 bits per heavy atom. The summed E-state index contributed by atoms with van der Waals surface area (Å²) in [7, 11) is 0. The molecule has 2 N–H and O–H groups in total. The number of nitrogens with zero attached hydrogens (tertiary/aromatic N) is 3. The summed E-state index contributed by atoms with van der Waals surface area (Å²) in [5.74, 6) is 0.828. The van der Waals surface area contributed by atoms with Gasteiger partial charge in [-0.05, 0) is 54.8 Å². The van der Waals surface area contributed by atoms with Crippen LogP contribution in [0.4, 0.5) is 0 Å². The fraction of sp³-hybridized carbons (Fsp3) is 0.385. The number of pyridine rings is 1. The van der Waals surface area contributed by atoms with Crippen molar-refractivity contribution in [2.75, 3.05) is 0 Å². The van der Waals surface area contributed by atoms with Crippen molar-refractivity contribution in [1.82, 2.24) is 14.8 Å². The summed E-state index contributed by atoms with van der Waals surface area (Å²) in [6.07, 6.45) is 2.71. The lowest BCUT2D eigenvalue weighted by Crippen LogP contribution is -2.17. The number of nitrogens with two attached hydrogens (primary N) is 1. The molecule has 0 aliphatic rings. The fourth-order valence-electron chi connectivity index (χ4n) is 1.88. The van der Waals surface area contributed by atoms with Gasteiger partial charge < -0.3 is 5.73 Å². The van der Waals surface area contributed by atoms with Crippen LogP contribution in [-0.2, 0) is 6.42 Å². The van der Waals surface area contributed by atoms with E-state index in [2.05, 4.69) is 32.1 Å². The molecule has 96 valence electrons. The first-order chi connectivity index (χ1) is 8.49. The van der Waals surface area contributed by atoms with E-state index >= 15 is 0 Å². The minimum Gasteiger partial charge on any atom is -0.328 e. The highest BCUT2D eigenvalue weighted by Crippen LogP contribution is 2.22. The van der Waals surface area contributed by atoms with Gasteiger partial charge in [-0.3, -0.25) is 0 Å². The van der Waals surface area contributed by atoms with Gasteiger partial charge in [0.2, 0.25) is 0 Å². The zero-order valence-corrected chi connectivity index (χ0v) is 12.4. The van der Waals surface area contributed by atoms with Gasteiger partial charge in [-0.25, -0.2) is 9.67 Å². The molecule has 5 heteroatoms. The zero-order chi connectivity index (χ0) is 13.3. The van der Waals surface area contributed by atoms with Gasteiger partial charge in [0.15, 0.2) is 5.82 Å². The van der Waals surface area contributed by atoms with Crippen LogP contribution in [0.2, 0.25) is 0 Å². The van der Waals surface area contributed by atoms with E-state index < -0.39 is 0 Å². The number of hydrogen-bond donors (Lipinski definition) is 1. The summed E-state index contributed by atoms with van der Waals surface area (Å²) >= 11 is 3.52. The molecule has 2 aromatic rings. The van der Waals surface area contributed by atoms with Crippen molar-refractivity contribution in [3.63, 3.8) is 0 Å². The third kappa shape index (κ3) is 2.62. The molecule has 18 heavy (non-hydrogen) atoms. The quantitative estimate of drug-likeness (QED) is 0.948. The molecule has 1 atom stereocenters. The summed E-state index contributed by atoms with van der Waals surface area (Å²) in [6, 6.07) is 4.18. The van der Waals surface area contributed by atoms with Crippen LogP contribution in [0.15, 0.2) is 22.8 Å². The van der Waals surface area contributed by atoms with E-state index in [1.165, 1.54) is 0 Å². The Labute approximate surface area is 115 Å². The molecule has 0 spiro atoms. The minimum atomic E-state index is 0.153. The molecule has 0 aliphatic carbocycles. The smallest absolute Gasteiger partial charge is 0.153 e. The van der Waals surface area contributed by atoms with Crippen LogP contribution in [-0.4, -0.2) is 20.8 Å². The lowest BCUT2D eigenvalue weighted by atomic mass is 10.1. The highest BCUT2D eigenvalue weighted by molar-refractivity contribution is 9.10. The lowest BCUT2D eigenvalue weighted by molar-refractivity contribution is 0.732. The van der Waals surface area contributed by atoms with Gasteiger partial charge in [-0.1, -0.05) is 6.07 Å². The van der Waals surface area contributed by atoms with Crippen molar-refractivity contribution in [3.8, 4) is 5.82 Å². The Morgan fingerprint density at radius 3 is 2.56 bits per heavy atom. The van der Waals surface area contributed by atoms with Crippen LogP contribution in [0.25, 0.3) is 5.82 Å². The Kier molecular flexibility index (Phi) is 3.82. The molecule has 0 aromatic carbocycles. The van der Waals surface area contributed by atoms with E-state index in [0.29, 0.717) is 0 Å². The largest absolute Gasteiger partial charge is 0.328 e. The Morgan fingerprint density at radius 1 is 1.39 bits per heavy atom. The second-order valence-corrected chi connectivity index (χ2v) is 5.40. The normalized spacial score (nSPS) is 12.7. The molecule has 0 radical (unpaired) electrons. The monoisotopic (exact) mass is 308 g/mol. The molecule has 0 aliphatic heterocycles. The number of hydrogen-bond acceptors (Lipinski definition) is 3. The maximum absolute atomic E-state index is 5.77. The molecule has 2 heterocycles. The van der Waals surface area contributed by atoms with Gasteiger partial charge in [0, 0.05) is 12.2 Å². The van der Waals surface area contributed by atoms with Crippen LogP contribution < -0.4 is 5.73 Å². The van der Waals surface area contributed by atoms with Gasteiger partial charge in [0.1, 0.15) is 0 Å². The number of aromatic nitrogens is 3. The molecule has 0 saturated carbocycles. The Balaban J connectivity index is 2.31. The average Bonchev–Trinajstić information content (AvgIpc) is 2.57. The van der Waals surface area contributed by atoms with Crippen molar-refractivity contribution in [2.24, 2.45) is 5.73 Å². The van der Waals surface area contributed by atoms with E-state index in [1.54, 1.807) is 0 Å². The minimum absolute atomic E-state index is 0.153. The van der Waals surface area contributed by atoms with E-state index in [9.17, 15) is 0 Å². The van der Waals surface area contributed by atoms with Crippen LogP contribution in [0.1, 0.15) is 23.9 Å². The average molecular weight is 309 g/mol. The van der Waals surface area contributed by atoms with Gasteiger partial charge in [-0.2, -0.15) is 5.10 Å². The van der Waals surface area contributed by atoms with Gasteiger partial charge in [0.05, 0.1) is 15.9 Å². The topological polar surface area (TPSA) is 56.7 Å². The third-order valence-electron chi connectivity index (χ3n) is 2.79. The first-order valence-electron chi connectivity index (χ1n) is 5.91. The van der Waals surface area contributed by atoms with E-state index in [0.717, 1.165) is 33.7 Å². The molecular formula is C13H17BrN4. The lowest BCUT2D eigenvalue weighted by Gasteiger charge is -2.07. The van der Waals surface area contributed by atoms with Gasteiger partial charge in [-0.15, -0.1) is 0 Å². The van der Waals surface area contributed by atoms with Crippen molar-refractivity contribution in [1.29, 1.82) is 0 Å². The Hall–Kier alpha value is -1.20. The Bertz CT molecular complexity index is 543. The molecule has 0 amide bonds. The molecule has 0 saturated heterocycles. The standard InChI is InChI=1S/C13H17BrN4/c1-8(15)6-11-4-5-12(16-7-11)18-10(3)13(14)9(2)17-18/h4-5,7-8H,6,15H2,1-3H3. The fourth-order valence-corrected chi connectivity index (χ4v) is 2.13. The SMILES string of the molecule is Cc1nn(-c2ccc(CC(C)N)cn2)c(C)c1Br.